The minimum absolute atomic E-state index is 0.637. The number of rotatable bonds is 2. The summed E-state index contributed by atoms with van der Waals surface area (Å²) in [5, 5.41) is 0. The van der Waals surface area contributed by atoms with Gasteiger partial charge in [-0.2, -0.15) is 0 Å². The van der Waals surface area contributed by atoms with E-state index in [1.54, 1.807) is 0 Å². The van der Waals surface area contributed by atoms with Gasteiger partial charge in [-0.3, -0.25) is 0 Å². The fraction of sp³-hybridized carbons (Fsp3) is 0.0769. The average molecular weight is 212 g/mol. The molecular formula is C13H10NO2+. The van der Waals surface area contributed by atoms with Crippen molar-refractivity contribution >= 4 is 0 Å². The molecule has 2 aromatic carbocycles. The Morgan fingerprint density at radius 2 is 1.19 bits per heavy atom. The van der Waals surface area contributed by atoms with Crippen molar-refractivity contribution in [1.29, 1.82) is 0 Å². The van der Waals surface area contributed by atoms with Crippen LogP contribution in [0.3, 0.4) is 0 Å². The molecule has 3 nitrogen and oxygen atoms in total. The summed E-state index contributed by atoms with van der Waals surface area (Å²) >= 11 is 0. The van der Waals surface area contributed by atoms with Crippen LogP contribution in [0.5, 0.6) is 0 Å². The number of nitrogens with zero attached hydrogens (tertiary/aromatic N) is 1. The summed E-state index contributed by atoms with van der Waals surface area (Å²) in [6.07, 6.45) is 0. The third kappa shape index (κ3) is 1.15. The van der Waals surface area contributed by atoms with Gasteiger partial charge in [0.15, 0.2) is 0 Å². The molecule has 0 amide bonds. The highest BCUT2D eigenvalue weighted by Gasteiger charge is 2.75. The van der Waals surface area contributed by atoms with Crippen LogP contribution in [-0.2, 0) is 10.6 Å². The normalized spacial score (nSPS) is 16.6. The van der Waals surface area contributed by atoms with Crippen LogP contribution in [-0.4, -0.2) is 4.92 Å². The van der Waals surface area contributed by atoms with Gasteiger partial charge in [-0.05, 0) is 24.3 Å². The van der Waals surface area contributed by atoms with Crippen molar-refractivity contribution in [3.8, 4) is 0 Å². The summed E-state index contributed by atoms with van der Waals surface area (Å²) in [6, 6.07) is 19.0. The second-order valence-corrected chi connectivity index (χ2v) is 3.72. The van der Waals surface area contributed by atoms with E-state index in [4.69, 9.17) is 4.84 Å². The Labute approximate surface area is 92.8 Å². The first-order chi connectivity index (χ1) is 7.84. The SMILES string of the molecule is O=[N+]1OC1(c1ccccc1)c1ccccc1. The van der Waals surface area contributed by atoms with Gasteiger partial charge < -0.3 is 0 Å². The Morgan fingerprint density at radius 3 is 1.50 bits per heavy atom. The van der Waals surface area contributed by atoms with Gasteiger partial charge >= 0.3 is 5.72 Å². The molecule has 3 heteroatoms. The predicted molar refractivity (Wildman–Crippen MR) is 58.4 cm³/mol. The first kappa shape index (κ1) is 9.09. The standard InChI is InChI=1S/C13H10NO2/c15-14-13(16-14,11-7-3-1-4-8-11)12-9-5-2-6-10-12/h1-10H/q+1. The van der Waals surface area contributed by atoms with Gasteiger partial charge in [0.2, 0.25) is 0 Å². The fourth-order valence-electron chi connectivity index (χ4n) is 1.91. The largest absolute Gasteiger partial charge is 0.517 e. The van der Waals surface area contributed by atoms with E-state index < -0.39 is 5.72 Å². The zero-order valence-electron chi connectivity index (χ0n) is 8.54. The predicted octanol–water partition coefficient (Wildman–Crippen LogP) is 2.61. The van der Waals surface area contributed by atoms with E-state index in [1.165, 1.54) is 0 Å². The Hall–Kier alpha value is -2.16. The highest BCUT2D eigenvalue weighted by Crippen LogP contribution is 2.45. The molecule has 0 unspecified atom stereocenters. The van der Waals surface area contributed by atoms with Crippen molar-refractivity contribution in [3.63, 3.8) is 0 Å². The second kappa shape index (κ2) is 3.17. The van der Waals surface area contributed by atoms with Crippen LogP contribution in [0.4, 0.5) is 0 Å². The maximum Gasteiger partial charge on any atom is 0.517 e. The average Bonchev–Trinajstić information content (AvgIpc) is 3.05. The molecule has 1 aliphatic heterocycles. The van der Waals surface area contributed by atoms with E-state index in [0.29, 0.717) is 4.92 Å². The molecule has 0 aliphatic carbocycles. The first-order valence-electron chi connectivity index (χ1n) is 5.11. The Balaban J connectivity index is 2.13. The van der Waals surface area contributed by atoms with E-state index in [2.05, 4.69) is 0 Å². The molecule has 0 atom stereocenters. The molecule has 1 saturated heterocycles. The molecular weight excluding hydrogens is 202 g/mol. The summed E-state index contributed by atoms with van der Waals surface area (Å²) in [4.78, 5) is 17.3. The molecule has 0 radical (unpaired) electrons. The Kier molecular flexibility index (Phi) is 1.80. The summed E-state index contributed by atoms with van der Waals surface area (Å²) < 4.78 is 0. The van der Waals surface area contributed by atoms with Crippen LogP contribution in [0, 0.1) is 4.91 Å². The second-order valence-electron chi connectivity index (χ2n) is 3.72. The summed E-state index contributed by atoms with van der Waals surface area (Å²) in [5.74, 6) is 0. The zero-order chi connectivity index (χ0) is 11.0. The van der Waals surface area contributed by atoms with Crippen LogP contribution in [0.1, 0.15) is 11.1 Å². The van der Waals surface area contributed by atoms with Crippen LogP contribution in [0.15, 0.2) is 60.7 Å². The van der Waals surface area contributed by atoms with Crippen molar-refractivity contribution < 1.29 is 9.76 Å². The van der Waals surface area contributed by atoms with Gasteiger partial charge in [0.05, 0.1) is 16.0 Å². The van der Waals surface area contributed by atoms with Gasteiger partial charge in [-0.15, -0.1) is 4.84 Å². The number of hydrogen-bond donors (Lipinski definition) is 0. The molecule has 0 saturated carbocycles. The highest BCUT2D eigenvalue weighted by molar-refractivity contribution is 5.34. The van der Waals surface area contributed by atoms with Gasteiger partial charge in [0, 0.05) is 0 Å². The lowest BCUT2D eigenvalue weighted by Gasteiger charge is -1.98. The molecule has 2 aromatic rings. The van der Waals surface area contributed by atoms with Crippen LogP contribution >= 0.6 is 0 Å². The third-order valence-corrected chi connectivity index (χ3v) is 2.77. The van der Waals surface area contributed by atoms with Crippen LogP contribution in [0.25, 0.3) is 0 Å². The lowest BCUT2D eigenvalue weighted by atomic mass is 9.97. The monoisotopic (exact) mass is 212 g/mol. The highest BCUT2D eigenvalue weighted by atomic mass is 16.9. The van der Waals surface area contributed by atoms with Crippen molar-refractivity contribution in [1.82, 2.24) is 0 Å². The topological polar surface area (TPSA) is 32.6 Å². The molecule has 0 bridgehead atoms. The minimum atomic E-state index is -0.928. The molecule has 1 aliphatic rings. The first-order valence-corrected chi connectivity index (χ1v) is 5.11. The molecule has 1 heterocycles. The molecule has 78 valence electrons. The smallest absolute Gasteiger partial charge is 0.126 e. The lowest BCUT2D eigenvalue weighted by Crippen LogP contribution is -2.12. The van der Waals surface area contributed by atoms with Crippen molar-refractivity contribution in [3.05, 3.63) is 76.7 Å². The molecule has 16 heavy (non-hydrogen) atoms. The lowest BCUT2D eigenvalue weighted by molar-refractivity contribution is -0.554. The Morgan fingerprint density at radius 1 is 0.812 bits per heavy atom. The van der Waals surface area contributed by atoms with Crippen molar-refractivity contribution in [2.75, 3.05) is 0 Å². The van der Waals surface area contributed by atoms with Crippen LogP contribution in [0.2, 0.25) is 0 Å². The van der Waals surface area contributed by atoms with E-state index in [1.807, 2.05) is 60.7 Å². The molecule has 0 spiro atoms. The van der Waals surface area contributed by atoms with Crippen molar-refractivity contribution in [2.45, 2.75) is 5.72 Å². The minimum Gasteiger partial charge on any atom is -0.126 e. The molecule has 0 aromatic heterocycles. The third-order valence-electron chi connectivity index (χ3n) is 2.77. The molecule has 1 fully saturated rings. The van der Waals surface area contributed by atoms with Crippen LogP contribution < -0.4 is 0 Å². The summed E-state index contributed by atoms with van der Waals surface area (Å²) in [5.41, 5.74) is 0.787. The van der Waals surface area contributed by atoms with Crippen molar-refractivity contribution in [2.24, 2.45) is 0 Å². The summed E-state index contributed by atoms with van der Waals surface area (Å²) in [6.45, 7) is 0. The van der Waals surface area contributed by atoms with Gasteiger partial charge in [0.1, 0.15) is 0 Å². The molecule has 0 N–H and O–H groups in total. The van der Waals surface area contributed by atoms with E-state index in [0.717, 1.165) is 11.1 Å². The quantitative estimate of drug-likeness (QED) is 0.717. The number of benzene rings is 2. The Bertz CT molecular complexity index is 483. The maximum atomic E-state index is 11.5. The van der Waals surface area contributed by atoms with Gasteiger partial charge in [0.25, 0.3) is 4.92 Å². The van der Waals surface area contributed by atoms with E-state index in [-0.39, 0.29) is 0 Å². The maximum absolute atomic E-state index is 11.5. The zero-order valence-corrected chi connectivity index (χ0v) is 8.54. The van der Waals surface area contributed by atoms with Gasteiger partial charge in [-0.25, -0.2) is 0 Å². The van der Waals surface area contributed by atoms with E-state index in [9.17, 15) is 4.91 Å². The fourth-order valence-corrected chi connectivity index (χ4v) is 1.91. The number of hydrogen-bond acceptors (Lipinski definition) is 2. The van der Waals surface area contributed by atoms with E-state index >= 15 is 0 Å². The molecule has 3 rings (SSSR count). The van der Waals surface area contributed by atoms with Gasteiger partial charge in [-0.1, -0.05) is 36.4 Å². The summed E-state index contributed by atoms with van der Waals surface area (Å²) in [7, 11) is 0.